The highest BCUT2D eigenvalue weighted by molar-refractivity contribution is 5.36. The summed E-state index contributed by atoms with van der Waals surface area (Å²) < 4.78 is 0. The summed E-state index contributed by atoms with van der Waals surface area (Å²) in [7, 11) is 0. The van der Waals surface area contributed by atoms with E-state index >= 15 is 0 Å². The lowest BCUT2D eigenvalue weighted by Gasteiger charge is -2.34. The maximum absolute atomic E-state index is 10.9. The normalized spacial score (nSPS) is 36.9. The van der Waals surface area contributed by atoms with Crippen molar-refractivity contribution >= 4 is 0 Å². The van der Waals surface area contributed by atoms with Crippen LogP contribution in [0.2, 0.25) is 0 Å². The van der Waals surface area contributed by atoms with Gasteiger partial charge in [-0.3, -0.25) is 0 Å². The molecule has 1 N–H and O–H groups in total. The summed E-state index contributed by atoms with van der Waals surface area (Å²) in [5.74, 6) is 1.29. The second kappa shape index (κ2) is 3.33. The molecule has 2 aliphatic rings. The second-order valence-corrected chi connectivity index (χ2v) is 5.82. The molecule has 0 aromatic heterocycles. The summed E-state index contributed by atoms with van der Waals surface area (Å²) in [6.45, 7) is 4.24. The molecule has 0 radical (unpaired) electrons. The summed E-state index contributed by atoms with van der Waals surface area (Å²) >= 11 is 0. The summed E-state index contributed by atoms with van der Waals surface area (Å²) in [6.07, 6.45) is 4.78. The highest BCUT2D eigenvalue weighted by Crippen LogP contribution is 2.55. The van der Waals surface area contributed by atoms with Crippen molar-refractivity contribution in [2.45, 2.75) is 45.1 Å². The number of aryl methyl sites for hydroxylation is 2. The van der Waals surface area contributed by atoms with Gasteiger partial charge >= 0.3 is 0 Å². The molecule has 2 aliphatic carbocycles. The number of fused-ring (bicyclic) bond motifs is 2. The number of rotatable bonds is 1. The Balaban J connectivity index is 2.03. The van der Waals surface area contributed by atoms with Crippen LogP contribution in [0.15, 0.2) is 18.2 Å². The Morgan fingerprint density at radius 3 is 2.62 bits per heavy atom. The quantitative estimate of drug-likeness (QED) is 0.763. The maximum atomic E-state index is 10.9. The zero-order chi connectivity index (χ0) is 11.3. The third-order valence-corrected chi connectivity index (χ3v) is 4.66. The van der Waals surface area contributed by atoms with Gasteiger partial charge in [-0.15, -0.1) is 0 Å². The molecule has 2 fully saturated rings. The van der Waals surface area contributed by atoms with Gasteiger partial charge in [0.2, 0.25) is 0 Å². The lowest BCUT2D eigenvalue weighted by atomic mass is 9.77. The average molecular weight is 216 g/mol. The molecule has 3 rings (SSSR count). The molecule has 3 unspecified atom stereocenters. The van der Waals surface area contributed by atoms with Gasteiger partial charge < -0.3 is 5.11 Å². The average Bonchev–Trinajstić information content (AvgIpc) is 2.76. The van der Waals surface area contributed by atoms with E-state index in [-0.39, 0.29) is 0 Å². The lowest BCUT2D eigenvalue weighted by molar-refractivity contribution is -0.0187. The van der Waals surface area contributed by atoms with Crippen LogP contribution in [0.3, 0.4) is 0 Å². The molecule has 2 bridgehead atoms. The molecule has 3 atom stereocenters. The monoisotopic (exact) mass is 216 g/mol. The zero-order valence-corrected chi connectivity index (χ0v) is 10.2. The van der Waals surface area contributed by atoms with E-state index in [9.17, 15) is 5.11 Å². The fraction of sp³-hybridized carbons (Fsp3) is 0.600. The van der Waals surface area contributed by atoms with Crippen molar-refractivity contribution in [3.63, 3.8) is 0 Å². The molecular weight excluding hydrogens is 196 g/mol. The maximum Gasteiger partial charge on any atom is 0.0929 e. The SMILES string of the molecule is Cc1ccc(C2(O)CC3CCC2C3)c(C)c1. The van der Waals surface area contributed by atoms with Crippen LogP contribution in [0.25, 0.3) is 0 Å². The van der Waals surface area contributed by atoms with Crippen molar-refractivity contribution in [3.8, 4) is 0 Å². The van der Waals surface area contributed by atoms with Crippen LogP contribution in [0.4, 0.5) is 0 Å². The Kier molecular flexibility index (Phi) is 2.16. The van der Waals surface area contributed by atoms with Gasteiger partial charge in [0, 0.05) is 0 Å². The number of hydrogen-bond acceptors (Lipinski definition) is 1. The van der Waals surface area contributed by atoms with Gasteiger partial charge in [-0.05, 0) is 62.5 Å². The molecule has 0 heterocycles. The zero-order valence-electron chi connectivity index (χ0n) is 10.2. The van der Waals surface area contributed by atoms with Crippen molar-refractivity contribution in [2.75, 3.05) is 0 Å². The van der Waals surface area contributed by atoms with Gasteiger partial charge in [-0.25, -0.2) is 0 Å². The topological polar surface area (TPSA) is 20.2 Å². The van der Waals surface area contributed by atoms with Crippen LogP contribution in [0, 0.1) is 25.7 Å². The van der Waals surface area contributed by atoms with Gasteiger partial charge in [-0.2, -0.15) is 0 Å². The smallest absolute Gasteiger partial charge is 0.0929 e. The molecule has 0 saturated heterocycles. The number of hydrogen-bond donors (Lipinski definition) is 1. The van der Waals surface area contributed by atoms with E-state index in [4.69, 9.17) is 0 Å². The van der Waals surface area contributed by atoms with Crippen LogP contribution in [0.5, 0.6) is 0 Å². The molecule has 0 aliphatic heterocycles. The first kappa shape index (κ1) is 10.3. The Labute approximate surface area is 97.5 Å². The Hall–Kier alpha value is -0.820. The molecule has 16 heavy (non-hydrogen) atoms. The van der Waals surface area contributed by atoms with E-state index in [0.29, 0.717) is 5.92 Å². The van der Waals surface area contributed by atoms with E-state index in [2.05, 4.69) is 32.0 Å². The minimum atomic E-state index is -0.513. The fourth-order valence-corrected chi connectivity index (χ4v) is 3.93. The molecule has 0 amide bonds. The minimum Gasteiger partial charge on any atom is -0.385 e. The Morgan fingerprint density at radius 2 is 2.06 bits per heavy atom. The van der Waals surface area contributed by atoms with Crippen LogP contribution in [0.1, 0.15) is 42.4 Å². The molecule has 1 aromatic carbocycles. The van der Waals surface area contributed by atoms with Gasteiger partial charge in [0.25, 0.3) is 0 Å². The van der Waals surface area contributed by atoms with Crippen molar-refractivity contribution in [1.29, 1.82) is 0 Å². The molecule has 2 saturated carbocycles. The van der Waals surface area contributed by atoms with Crippen LogP contribution in [-0.2, 0) is 5.60 Å². The molecule has 1 nitrogen and oxygen atoms in total. The fourth-order valence-electron chi connectivity index (χ4n) is 3.93. The van der Waals surface area contributed by atoms with E-state index in [1.54, 1.807) is 0 Å². The molecular formula is C15H20O. The number of benzene rings is 1. The van der Waals surface area contributed by atoms with Gasteiger partial charge in [0.15, 0.2) is 0 Å². The lowest BCUT2D eigenvalue weighted by Crippen LogP contribution is -2.32. The molecule has 86 valence electrons. The van der Waals surface area contributed by atoms with Crippen LogP contribution in [-0.4, -0.2) is 5.11 Å². The van der Waals surface area contributed by atoms with E-state index < -0.39 is 5.60 Å². The second-order valence-electron chi connectivity index (χ2n) is 5.82. The summed E-state index contributed by atoms with van der Waals surface area (Å²) in [5.41, 5.74) is 3.22. The summed E-state index contributed by atoms with van der Waals surface area (Å²) in [4.78, 5) is 0. The largest absolute Gasteiger partial charge is 0.385 e. The number of aliphatic hydroxyl groups is 1. The first-order chi connectivity index (χ1) is 7.59. The summed E-state index contributed by atoms with van der Waals surface area (Å²) in [5, 5.41) is 10.9. The van der Waals surface area contributed by atoms with Crippen LogP contribution < -0.4 is 0 Å². The first-order valence-electron chi connectivity index (χ1n) is 6.40. The Bertz CT molecular complexity index is 423. The molecule has 1 aromatic rings. The predicted molar refractivity (Wildman–Crippen MR) is 65.3 cm³/mol. The van der Waals surface area contributed by atoms with Gasteiger partial charge in [0.1, 0.15) is 0 Å². The summed E-state index contributed by atoms with van der Waals surface area (Å²) in [6, 6.07) is 6.47. The van der Waals surface area contributed by atoms with Crippen molar-refractivity contribution in [2.24, 2.45) is 11.8 Å². The van der Waals surface area contributed by atoms with Crippen molar-refractivity contribution in [3.05, 3.63) is 34.9 Å². The molecule has 1 heteroatoms. The highest BCUT2D eigenvalue weighted by Gasteiger charge is 2.51. The van der Waals surface area contributed by atoms with Gasteiger partial charge in [-0.1, -0.05) is 23.8 Å². The van der Waals surface area contributed by atoms with E-state index in [1.807, 2.05) is 0 Å². The van der Waals surface area contributed by atoms with Crippen LogP contribution >= 0.6 is 0 Å². The minimum absolute atomic E-state index is 0.513. The highest BCUT2D eigenvalue weighted by atomic mass is 16.3. The van der Waals surface area contributed by atoms with E-state index in [1.165, 1.54) is 36.0 Å². The van der Waals surface area contributed by atoms with Crippen molar-refractivity contribution < 1.29 is 5.11 Å². The standard InChI is InChI=1S/C15H20O/c1-10-3-6-14(11(2)7-10)15(16)9-12-4-5-13(15)8-12/h3,6-7,12-13,16H,4-5,8-9H2,1-2H3. The predicted octanol–water partition coefficient (Wildman–Crippen LogP) is 3.31. The first-order valence-corrected chi connectivity index (χ1v) is 6.40. The third-order valence-electron chi connectivity index (χ3n) is 4.66. The van der Waals surface area contributed by atoms with E-state index in [0.717, 1.165) is 12.3 Å². The Morgan fingerprint density at radius 1 is 1.25 bits per heavy atom. The van der Waals surface area contributed by atoms with Gasteiger partial charge in [0.05, 0.1) is 5.60 Å². The molecule has 0 spiro atoms. The third kappa shape index (κ3) is 1.34. The van der Waals surface area contributed by atoms with Crippen molar-refractivity contribution in [1.82, 2.24) is 0 Å².